The Morgan fingerprint density at radius 1 is 1.22 bits per heavy atom. The summed E-state index contributed by atoms with van der Waals surface area (Å²) in [5.74, 6) is 0.258. The molecule has 1 N–H and O–H groups in total. The van der Waals surface area contributed by atoms with Crippen molar-refractivity contribution in [1.29, 1.82) is 0 Å². The normalized spacial score (nSPS) is 12.3. The van der Waals surface area contributed by atoms with Gasteiger partial charge in [0, 0.05) is 12.0 Å². The van der Waals surface area contributed by atoms with E-state index in [1.807, 2.05) is 43.3 Å². The first-order chi connectivity index (χ1) is 8.56. The van der Waals surface area contributed by atoms with E-state index in [-0.39, 0.29) is 0 Å². The number of aliphatic carboxylic acids is 1. The molecule has 2 rings (SSSR count). The van der Waals surface area contributed by atoms with E-state index < -0.39 is 11.9 Å². The molecule has 1 heterocycles. The van der Waals surface area contributed by atoms with Crippen molar-refractivity contribution in [2.45, 2.75) is 20.3 Å². The third-order valence-corrected chi connectivity index (χ3v) is 2.93. The molecular formula is C15H16O3. The highest BCUT2D eigenvalue weighted by molar-refractivity contribution is 5.69. The van der Waals surface area contributed by atoms with Crippen LogP contribution in [0.5, 0.6) is 0 Å². The quantitative estimate of drug-likeness (QED) is 0.895. The lowest BCUT2D eigenvalue weighted by molar-refractivity contribution is -0.141. The fourth-order valence-electron chi connectivity index (χ4n) is 1.75. The molecule has 18 heavy (non-hydrogen) atoms. The van der Waals surface area contributed by atoms with Gasteiger partial charge in [-0.05, 0) is 19.1 Å². The lowest BCUT2D eigenvalue weighted by Gasteiger charge is -2.02. The lowest BCUT2D eigenvalue weighted by atomic mass is 10.1. The summed E-state index contributed by atoms with van der Waals surface area (Å²) in [6.07, 6.45) is 0.418. The molecule has 3 nitrogen and oxygen atoms in total. The summed E-state index contributed by atoms with van der Waals surface area (Å²) in [5, 5.41) is 8.86. The third-order valence-electron chi connectivity index (χ3n) is 2.93. The SMILES string of the molecule is Cc1ccc(-c2ccc(CC(C)C(=O)O)o2)cc1. The van der Waals surface area contributed by atoms with Gasteiger partial charge in [0.15, 0.2) is 0 Å². The molecule has 1 atom stereocenters. The number of carboxylic acid groups (broad SMARTS) is 1. The van der Waals surface area contributed by atoms with Gasteiger partial charge < -0.3 is 9.52 Å². The molecule has 0 aliphatic carbocycles. The minimum atomic E-state index is -0.803. The van der Waals surface area contributed by atoms with Gasteiger partial charge >= 0.3 is 5.97 Å². The van der Waals surface area contributed by atoms with E-state index in [1.54, 1.807) is 6.92 Å². The Hall–Kier alpha value is -2.03. The second-order valence-electron chi connectivity index (χ2n) is 4.58. The minimum Gasteiger partial charge on any atom is -0.481 e. The Labute approximate surface area is 106 Å². The predicted molar refractivity (Wildman–Crippen MR) is 69.4 cm³/mol. The van der Waals surface area contributed by atoms with Crippen LogP contribution in [0.25, 0.3) is 11.3 Å². The van der Waals surface area contributed by atoms with Gasteiger partial charge in [-0.2, -0.15) is 0 Å². The molecule has 0 spiro atoms. The van der Waals surface area contributed by atoms with Crippen LogP contribution in [-0.2, 0) is 11.2 Å². The summed E-state index contributed by atoms with van der Waals surface area (Å²) in [5.41, 5.74) is 2.21. The number of furan rings is 1. The van der Waals surface area contributed by atoms with Crippen LogP contribution in [0.1, 0.15) is 18.2 Å². The number of carbonyl (C=O) groups is 1. The molecule has 0 aliphatic heterocycles. The number of hydrogen-bond acceptors (Lipinski definition) is 2. The van der Waals surface area contributed by atoms with Crippen LogP contribution in [-0.4, -0.2) is 11.1 Å². The predicted octanol–water partition coefficient (Wildman–Crippen LogP) is 3.52. The number of benzene rings is 1. The van der Waals surface area contributed by atoms with Crippen LogP contribution in [0.2, 0.25) is 0 Å². The minimum absolute atomic E-state index is 0.418. The molecular weight excluding hydrogens is 228 g/mol. The second kappa shape index (κ2) is 5.08. The summed E-state index contributed by atoms with van der Waals surface area (Å²) < 4.78 is 5.67. The van der Waals surface area contributed by atoms with Crippen molar-refractivity contribution >= 4 is 5.97 Å². The molecule has 1 aromatic carbocycles. The summed E-state index contributed by atoms with van der Waals surface area (Å²) in [6.45, 7) is 3.71. The fraction of sp³-hybridized carbons (Fsp3) is 0.267. The van der Waals surface area contributed by atoms with Gasteiger partial charge in [0.1, 0.15) is 11.5 Å². The number of aryl methyl sites for hydroxylation is 1. The molecule has 0 saturated carbocycles. The summed E-state index contributed by atoms with van der Waals surface area (Å²) in [7, 11) is 0. The molecule has 0 fully saturated rings. The van der Waals surface area contributed by atoms with Gasteiger partial charge in [0.25, 0.3) is 0 Å². The molecule has 2 aromatic rings. The number of hydrogen-bond donors (Lipinski definition) is 1. The Morgan fingerprint density at radius 2 is 1.89 bits per heavy atom. The molecule has 1 aromatic heterocycles. The van der Waals surface area contributed by atoms with Crippen molar-refractivity contribution in [3.05, 3.63) is 47.7 Å². The summed E-state index contributed by atoms with van der Waals surface area (Å²) in [4.78, 5) is 10.8. The Bertz CT molecular complexity index is 537. The zero-order valence-electron chi connectivity index (χ0n) is 10.5. The van der Waals surface area contributed by atoms with Gasteiger partial charge in [-0.3, -0.25) is 4.79 Å². The van der Waals surface area contributed by atoms with Crippen molar-refractivity contribution in [1.82, 2.24) is 0 Å². The van der Waals surface area contributed by atoms with Gasteiger partial charge in [-0.25, -0.2) is 0 Å². The molecule has 0 amide bonds. The molecule has 0 saturated heterocycles. The van der Waals surface area contributed by atoms with Crippen molar-refractivity contribution in [3.8, 4) is 11.3 Å². The fourth-order valence-corrected chi connectivity index (χ4v) is 1.75. The van der Waals surface area contributed by atoms with Gasteiger partial charge in [0.2, 0.25) is 0 Å². The second-order valence-corrected chi connectivity index (χ2v) is 4.58. The van der Waals surface area contributed by atoms with Gasteiger partial charge in [-0.1, -0.05) is 36.8 Å². The van der Waals surface area contributed by atoms with E-state index >= 15 is 0 Å². The van der Waals surface area contributed by atoms with Crippen LogP contribution in [0.15, 0.2) is 40.8 Å². The van der Waals surface area contributed by atoms with Crippen molar-refractivity contribution in [2.75, 3.05) is 0 Å². The first-order valence-corrected chi connectivity index (χ1v) is 5.95. The number of carboxylic acids is 1. The largest absolute Gasteiger partial charge is 0.481 e. The van der Waals surface area contributed by atoms with Gasteiger partial charge in [-0.15, -0.1) is 0 Å². The third kappa shape index (κ3) is 2.80. The molecule has 0 aliphatic rings. The summed E-state index contributed by atoms with van der Waals surface area (Å²) in [6, 6.07) is 11.8. The summed E-state index contributed by atoms with van der Waals surface area (Å²) >= 11 is 0. The van der Waals surface area contributed by atoms with E-state index in [9.17, 15) is 4.79 Å². The van der Waals surface area contributed by atoms with Crippen molar-refractivity contribution in [3.63, 3.8) is 0 Å². The van der Waals surface area contributed by atoms with E-state index in [0.717, 1.165) is 11.3 Å². The molecule has 0 radical (unpaired) electrons. The van der Waals surface area contributed by atoms with Crippen molar-refractivity contribution < 1.29 is 14.3 Å². The van der Waals surface area contributed by atoms with Crippen LogP contribution in [0.4, 0.5) is 0 Å². The molecule has 3 heteroatoms. The highest BCUT2D eigenvalue weighted by Gasteiger charge is 2.14. The average Bonchev–Trinajstić information content (AvgIpc) is 2.78. The van der Waals surface area contributed by atoms with E-state index in [2.05, 4.69) is 0 Å². The standard InChI is InChI=1S/C15H16O3/c1-10-3-5-12(6-4-10)14-8-7-13(18-14)9-11(2)15(16)17/h3-8,11H,9H2,1-2H3,(H,16,17). The van der Waals surface area contributed by atoms with E-state index in [0.29, 0.717) is 12.2 Å². The van der Waals surface area contributed by atoms with Crippen molar-refractivity contribution in [2.24, 2.45) is 5.92 Å². The zero-order valence-corrected chi connectivity index (χ0v) is 10.5. The highest BCUT2D eigenvalue weighted by atomic mass is 16.4. The Morgan fingerprint density at radius 3 is 2.50 bits per heavy atom. The van der Waals surface area contributed by atoms with Crippen LogP contribution < -0.4 is 0 Å². The lowest BCUT2D eigenvalue weighted by Crippen LogP contribution is -2.11. The zero-order chi connectivity index (χ0) is 13.1. The van der Waals surface area contributed by atoms with E-state index in [1.165, 1.54) is 5.56 Å². The van der Waals surface area contributed by atoms with Crippen LogP contribution in [0, 0.1) is 12.8 Å². The first kappa shape index (κ1) is 12.4. The first-order valence-electron chi connectivity index (χ1n) is 5.95. The molecule has 1 unspecified atom stereocenters. The van der Waals surface area contributed by atoms with Crippen LogP contribution in [0.3, 0.4) is 0 Å². The average molecular weight is 244 g/mol. The monoisotopic (exact) mass is 244 g/mol. The van der Waals surface area contributed by atoms with Crippen LogP contribution >= 0.6 is 0 Å². The van der Waals surface area contributed by atoms with Gasteiger partial charge in [0.05, 0.1) is 5.92 Å². The topological polar surface area (TPSA) is 50.4 Å². The maximum Gasteiger partial charge on any atom is 0.306 e. The molecule has 94 valence electrons. The maximum absolute atomic E-state index is 10.8. The number of rotatable bonds is 4. The van der Waals surface area contributed by atoms with E-state index in [4.69, 9.17) is 9.52 Å². The Kier molecular flexibility index (Phi) is 3.51. The molecule has 0 bridgehead atoms. The highest BCUT2D eigenvalue weighted by Crippen LogP contribution is 2.23. The smallest absolute Gasteiger partial charge is 0.306 e. The Balaban J connectivity index is 2.15. The maximum atomic E-state index is 10.8.